The number of halogens is 1. The number of aryl methyl sites for hydroxylation is 2. The van der Waals surface area contributed by atoms with Crippen LogP contribution in [0.5, 0.6) is 0 Å². The number of amides is 2. The Morgan fingerprint density at radius 1 is 1.03 bits per heavy atom. The van der Waals surface area contributed by atoms with Crippen LogP contribution < -0.4 is 15.5 Å². The molecule has 0 aliphatic heterocycles. The van der Waals surface area contributed by atoms with Crippen molar-refractivity contribution in [1.82, 2.24) is 0 Å². The number of benzene rings is 2. The fourth-order valence-corrected chi connectivity index (χ4v) is 5.40. The van der Waals surface area contributed by atoms with Gasteiger partial charge in [0.2, 0.25) is 0 Å². The highest BCUT2D eigenvalue weighted by atomic mass is 19.1. The van der Waals surface area contributed by atoms with E-state index >= 15 is 0 Å². The summed E-state index contributed by atoms with van der Waals surface area (Å²) in [7, 11) is 0. The molecule has 1 aliphatic rings. The van der Waals surface area contributed by atoms with Crippen LogP contribution in [0.4, 0.5) is 26.2 Å². The topological polar surface area (TPSA) is 94.8 Å². The van der Waals surface area contributed by atoms with Gasteiger partial charge in [0.15, 0.2) is 0 Å². The van der Waals surface area contributed by atoms with Crippen LogP contribution in [0.25, 0.3) is 11.1 Å². The quantitative estimate of drug-likeness (QED) is 0.281. The van der Waals surface area contributed by atoms with E-state index < -0.39 is 17.8 Å². The van der Waals surface area contributed by atoms with Gasteiger partial charge in [-0.1, -0.05) is 51.3 Å². The molecule has 0 bridgehead atoms. The number of furan rings is 1. The number of hydrogen-bond donors (Lipinski definition) is 3. The third-order valence-corrected chi connectivity index (χ3v) is 7.02. The summed E-state index contributed by atoms with van der Waals surface area (Å²) < 4.78 is 19.9. The minimum Gasteiger partial charge on any atom is -0.478 e. The molecule has 0 saturated heterocycles. The van der Waals surface area contributed by atoms with Gasteiger partial charge in [-0.3, -0.25) is 0 Å². The van der Waals surface area contributed by atoms with E-state index in [1.165, 1.54) is 18.6 Å². The molecule has 0 spiro atoms. The number of urea groups is 1. The molecule has 1 fully saturated rings. The second kappa shape index (κ2) is 11.7. The van der Waals surface area contributed by atoms with E-state index in [0.29, 0.717) is 40.3 Å². The van der Waals surface area contributed by atoms with Crippen molar-refractivity contribution in [2.24, 2.45) is 5.92 Å². The van der Waals surface area contributed by atoms with E-state index in [-0.39, 0.29) is 11.3 Å². The van der Waals surface area contributed by atoms with Crippen molar-refractivity contribution < 1.29 is 23.5 Å². The number of para-hydroxylation sites is 1. The first-order chi connectivity index (χ1) is 18.2. The summed E-state index contributed by atoms with van der Waals surface area (Å²) in [4.78, 5) is 27.5. The molecule has 1 heterocycles. The minimum absolute atomic E-state index is 0.0727. The first-order valence-corrected chi connectivity index (χ1v) is 13.2. The van der Waals surface area contributed by atoms with E-state index in [1.807, 2.05) is 12.1 Å². The molecule has 2 aromatic carbocycles. The van der Waals surface area contributed by atoms with Gasteiger partial charge in [-0.05, 0) is 62.4 Å². The van der Waals surface area contributed by atoms with Gasteiger partial charge < -0.3 is 25.1 Å². The van der Waals surface area contributed by atoms with E-state index in [0.717, 1.165) is 37.9 Å². The fourth-order valence-electron chi connectivity index (χ4n) is 5.40. The first-order valence-electron chi connectivity index (χ1n) is 13.2. The van der Waals surface area contributed by atoms with E-state index in [1.54, 1.807) is 32.0 Å². The molecule has 8 heteroatoms. The molecule has 1 aliphatic carbocycles. The lowest BCUT2D eigenvalue weighted by molar-refractivity contribution is 0.0695. The Hall–Kier alpha value is -3.81. The summed E-state index contributed by atoms with van der Waals surface area (Å²) in [6.07, 6.45) is 5.67. The summed E-state index contributed by atoms with van der Waals surface area (Å²) >= 11 is 0. The molecule has 0 radical (unpaired) electrons. The van der Waals surface area contributed by atoms with Crippen molar-refractivity contribution in [3.8, 4) is 11.1 Å². The maximum atomic E-state index is 14.2. The molecule has 1 aromatic heterocycles. The highest BCUT2D eigenvalue weighted by molar-refractivity contribution is 6.03. The van der Waals surface area contributed by atoms with Crippen LogP contribution in [-0.4, -0.2) is 29.7 Å². The highest BCUT2D eigenvalue weighted by Crippen LogP contribution is 2.39. The lowest BCUT2D eigenvalue weighted by Gasteiger charge is -2.38. The normalized spacial score (nSPS) is 13.9. The lowest BCUT2D eigenvalue weighted by atomic mass is 9.92. The number of anilines is 3. The summed E-state index contributed by atoms with van der Waals surface area (Å²) in [6, 6.07) is 11.4. The number of carbonyl (C=O) groups excluding carboxylic acids is 1. The van der Waals surface area contributed by atoms with Gasteiger partial charge in [0.1, 0.15) is 22.9 Å². The number of carboxylic acid groups (broad SMARTS) is 1. The van der Waals surface area contributed by atoms with Crippen LogP contribution in [0.2, 0.25) is 0 Å². The van der Waals surface area contributed by atoms with Crippen LogP contribution in [0.1, 0.15) is 67.8 Å². The number of nitrogens with one attached hydrogen (secondary N) is 2. The van der Waals surface area contributed by atoms with E-state index in [9.17, 15) is 19.1 Å². The molecule has 38 heavy (non-hydrogen) atoms. The Bertz CT molecular complexity index is 1310. The van der Waals surface area contributed by atoms with Gasteiger partial charge in [-0.2, -0.15) is 0 Å². The highest BCUT2D eigenvalue weighted by Gasteiger charge is 2.27. The van der Waals surface area contributed by atoms with E-state index in [4.69, 9.17) is 4.42 Å². The smallest absolute Gasteiger partial charge is 0.339 e. The van der Waals surface area contributed by atoms with Crippen molar-refractivity contribution in [3.05, 3.63) is 65.4 Å². The molecule has 4 rings (SSSR count). The van der Waals surface area contributed by atoms with Gasteiger partial charge in [-0.25, -0.2) is 14.0 Å². The van der Waals surface area contributed by atoms with Gasteiger partial charge in [0, 0.05) is 18.2 Å². The summed E-state index contributed by atoms with van der Waals surface area (Å²) in [6.45, 7) is 8.49. The fraction of sp³-hybridized carbons (Fsp3) is 0.400. The number of aromatic carboxylic acids is 1. The molecule has 0 atom stereocenters. The summed E-state index contributed by atoms with van der Waals surface area (Å²) in [5, 5.41) is 15.4. The number of carboxylic acids is 1. The lowest BCUT2D eigenvalue weighted by Crippen LogP contribution is -2.40. The number of nitrogens with zero attached hydrogens (tertiary/aromatic N) is 1. The van der Waals surface area contributed by atoms with Crippen LogP contribution in [0.15, 0.2) is 46.9 Å². The number of hydrogen-bond acceptors (Lipinski definition) is 4. The van der Waals surface area contributed by atoms with Crippen LogP contribution in [0.3, 0.4) is 0 Å². The first kappa shape index (κ1) is 27.2. The molecule has 3 aromatic rings. The second-order valence-electron chi connectivity index (χ2n) is 10.4. The van der Waals surface area contributed by atoms with E-state index in [2.05, 4.69) is 29.4 Å². The predicted octanol–water partition coefficient (Wildman–Crippen LogP) is 7.84. The van der Waals surface area contributed by atoms with Crippen molar-refractivity contribution in [2.75, 3.05) is 22.1 Å². The molecule has 2 amide bonds. The molecule has 7 nitrogen and oxygen atoms in total. The Labute approximate surface area is 223 Å². The molecule has 202 valence electrons. The van der Waals surface area contributed by atoms with Crippen LogP contribution in [0, 0.1) is 25.6 Å². The van der Waals surface area contributed by atoms with Crippen molar-refractivity contribution in [3.63, 3.8) is 0 Å². The zero-order valence-electron chi connectivity index (χ0n) is 22.4. The molecular formula is C30H36FN3O4. The number of rotatable bonds is 8. The van der Waals surface area contributed by atoms with Crippen molar-refractivity contribution in [1.29, 1.82) is 0 Å². The Balaban J connectivity index is 1.79. The van der Waals surface area contributed by atoms with Crippen molar-refractivity contribution >= 4 is 29.1 Å². The molecular weight excluding hydrogens is 485 g/mol. The number of carbonyl (C=O) groups is 2. The maximum absolute atomic E-state index is 14.2. The van der Waals surface area contributed by atoms with Gasteiger partial charge in [0.25, 0.3) is 0 Å². The Morgan fingerprint density at radius 3 is 2.37 bits per heavy atom. The molecule has 0 unspecified atom stereocenters. The minimum atomic E-state index is -1.08. The summed E-state index contributed by atoms with van der Waals surface area (Å²) in [5.41, 5.74) is 2.65. The monoisotopic (exact) mass is 521 g/mol. The molecule has 3 N–H and O–H groups in total. The average molecular weight is 522 g/mol. The maximum Gasteiger partial charge on any atom is 0.339 e. The Kier molecular flexibility index (Phi) is 8.39. The van der Waals surface area contributed by atoms with Gasteiger partial charge >= 0.3 is 12.0 Å². The second-order valence-corrected chi connectivity index (χ2v) is 10.4. The third kappa shape index (κ3) is 6.01. The van der Waals surface area contributed by atoms with Crippen LogP contribution >= 0.6 is 0 Å². The largest absolute Gasteiger partial charge is 0.478 e. The molecule has 1 saturated carbocycles. The standard InChI is InChI=1S/C30H36FN3O4/c1-18(2)17-34(22-10-6-5-7-11-22)26-15-14-21(27-19(3)38-20(4)28(27)29(35)36)16-25(26)33-30(37)32-24-13-9-8-12-23(24)31/h8-9,12-16,18,22H,5-7,10-11,17H2,1-4H3,(H,35,36)(H2,32,33,37). The van der Waals surface area contributed by atoms with Gasteiger partial charge in [0.05, 0.1) is 17.1 Å². The van der Waals surface area contributed by atoms with Crippen molar-refractivity contribution in [2.45, 2.75) is 65.8 Å². The summed E-state index contributed by atoms with van der Waals surface area (Å²) in [5.74, 6) is -0.413. The third-order valence-electron chi connectivity index (χ3n) is 7.02. The zero-order valence-corrected chi connectivity index (χ0v) is 22.4. The average Bonchev–Trinajstić information content (AvgIpc) is 3.18. The Morgan fingerprint density at radius 2 is 1.71 bits per heavy atom. The SMILES string of the molecule is Cc1oc(C)c(-c2ccc(N(CC(C)C)C3CCCCC3)c(NC(=O)Nc3ccccc3F)c2)c1C(=O)O. The van der Waals surface area contributed by atoms with Crippen LogP contribution in [-0.2, 0) is 0 Å². The zero-order chi connectivity index (χ0) is 27.4. The predicted molar refractivity (Wildman–Crippen MR) is 149 cm³/mol. The van der Waals surface area contributed by atoms with Gasteiger partial charge in [-0.15, -0.1) is 0 Å².